The van der Waals surface area contributed by atoms with Gasteiger partial charge in [0.15, 0.2) is 0 Å². The third kappa shape index (κ3) is 5.73. The Hall–Kier alpha value is -0.760. The first-order valence-corrected chi connectivity index (χ1v) is 16.2. The number of ether oxygens (including phenoxy) is 2. The average molecular weight is 536 g/mol. The first kappa shape index (κ1) is 27.3. The van der Waals surface area contributed by atoms with Crippen molar-refractivity contribution in [3.63, 3.8) is 0 Å². The number of carbonyl (C=O) groups is 2. The molecule has 0 bridgehead atoms. The fourth-order valence-electron chi connectivity index (χ4n) is 8.23. The van der Waals surface area contributed by atoms with E-state index in [1.807, 2.05) is 0 Å². The highest BCUT2D eigenvalue weighted by molar-refractivity contribution is 7.53. The van der Waals surface area contributed by atoms with E-state index in [0.29, 0.717) is 30.1 Å². The van der Waals surface area contributed by atoms with Crippen molar-refractivity contribution in [3.8, 4) is 0 Å². The molecule has 200 valence electrons. The van der Waals surface area contributed by atoms with Crippen LogP contribution >= 0.6 is 15.2 Å². The van der Waals surface area contributed by atoms with E-state index in [0.717, 1.165) is 51.4 Å². The summed E-state index contributed by atoms with van der Waals surface area (Å²) in [6, 6.07) is 0. The molecule has 4 saturated carbocycles. The zero-order chi connectivity index (χ0) is 25.8. The summed E-state index contributed by atoms with van der Waals surface area (Å²) >= 11 is 0. The topological polar surface area (TPSA) is 168 Å². The highest BCUT2D eigenvalue weighted by atomic mass is 31.2. The number of rotatable bonds is 6. The molecule has 8 atom stereocenters. The molecule has 0 aromatic rings. The van der Waals surface area contributed by atoms with Crippen LogP contribution in [0.25, 0.3) is 0 Å². The second-order valence-electron chi connectivity index (χ2n) is 11.8. The lowest BCUT2D eigenvalue weighted by Crippen LogP contribution is -2.55. The van der Waals surface area contributed by atoms with E-state index >= 15 is 0 Å². The van der Waals surface area contributed by atoms with Gasteiger partial charge in [-0.15, -0.1) is 0 Å². The van der Waals surface area contributed by atoms with Gasteiger partial charge in [-0.3, -0.25) is 18.7 Å². The molecule has 4 aliphatic rings. The van der Waals surface area contributed by atoms with Crippen molar-refractivity contribution in [2.75, 3.05) is 12.3 Å². The summed E-state index contributed by atoms with van der Waals surface area (Å²) in [5.74, 6) is 0.123. The maximum Gasteiger partial charge on any atom is 0.336 e. The molecule has 10 nitrogen and oxygen atoms in total. The standard InChI is InChI=1S/C23H38O10P2/c1-22-9-7-15(32-20(24)12-34(26,27)28)11-14(22)3-4-16-17-5-6-19(23(17,2)10-8-18(16)22)33-21(25)13-35(29,30)31/h14-19H,3-13H2,1-2H3,(H2,26,27,28)(H2,29,30,31)/t14-,15-,16-,17-,18-,19-,22-,23-/m0/s1. The van der Waals surface area contributed by atoms with E-state index in [9.17, 15) is 18.7 Å². The number of carbonyl (C=O) groups excluding carboxylic acids is 2. The molecular weight excluding hydrogens is 498 g/mol. The quantitative estimate of drug-likeness (QED) is 0.292. The Morgan fingerprint density at radius 1 is 0.771 bits per heavy atom. The first-order chi connectivity index (χ1) is 16.1. The molecule has 0 saturated heterocycles. The molecule has 0 radical (unpaired) electrons. The van der Waals surface area contributed by atoms with Gasteiger partial charge < -0.3 is 29.0 Å². The summed E-state index contributed by atoms with van der Waals surface area (Å²) < 4.78 is 33.4. The predicted molar refractivity (Wildman–Crippen MR) is 125 cm³/mol. The molecule has 0 heterocycles. The summed E-state index contributed by atoms with van der Waals surface area (Å²) in [4.78, 5) is 60.4. The molecule has 0 aromatic heterocycles. The SMILES string of the molecule is C[C@]12CC[C@H](OC(=O)CP(=O)(O)O)C[C@@H]1CC[C@@H]1[C@@H]2CC[C@]2(C)[C@@H](OC(=O)CP(=O)(O)O)CC[C@@H]12. The van der Waals surface area contributed by atoms with Crippen LogP contribution in [-0.4, -0.2) is 56.0 Å². The second kappa shape index (κ2) is 9.52. The van der Waals surface area contributed by atoms with Crippen LogP contribution in [0.3, 0.4) is 0 Å². The molecule has 0 amide bonds. The van der Waals surface area contributed by atoms with Gasteiger partial charge in [0.25, 0.3) is 0 Å². The molecule has 0 spiro atoms. The summed E-state index contributed by atoms with van der Waals surface area (Å²) in [6.45, 7) is 4.51. The Kier molecular flexibility index (Phi) is 7.42. The van der Waals surface area contributed by atoms with E-state index in [1.54, 1.807) is 0 Å². The van der Waals surface area contributed by atoms with Gasteiger partial charge in [0.1, 0.15) is 24.5 Å². The van der Waals surface area contributed by atoms with Gasteiger partial charge in [-0.1, -0.05) is 13.8 Å². The van der Waals surface area contributed by atoms with Crippen molar-refractivity contribution >= 4 is 27.1 Å². The molecule has 0 unspecified atom stereocenters. The van der Waals surface area contributed by atoms with Crippen molar-refractivity contribution in [2.45, 2.75) is 83.8 Å². The third-order valence-electron chi connectivity index (χ3n) is 9.77. The maximum absolute atomic E-state index is 12.1. The van der Waals surface area contributed by atoms with Crippen LogP contribution in [0.1, 0.15) is 71.6 Å². The van der Waals surface area contributed by atoms with Gasteiger partial charge in [-0.05, 0) is 86.9 Å². The minimum absolute atomic E-state index is 0.103. The molecular formula is C23H38O10P2. The normalized spacial score (nSPS) is 41.3. The van der Waals surface area contributed by atoms with Crippen molar-refractivity contribution in [2.24, 2.45) is 34.5 Å². The number of hydrogen-bond acceptors (Lipinski definition) is 6. The predicted octanol–water partition coefficient (Wildman–Crippen LogP) is 3.21. The fourth-order valence-corrected chi connectivity index (χ4v) is 9.05. The second-order valence-corrected chi connectivity index (χ2v) is 15.1. The van der Waals surface area contributed by atoms with Crippen LogP contribution < -0.4 is 0 Å². The van der Waals surface area contributed by atoms with E-state index in [-0.39, 0.29) is 23.0 Å². The largest absolute Gasteiger partial charge is 0.462 e. The molecule has 12 heteroatoms. The monoisotopic (exact) mass is 536 g/mol. The molecule has 35 heavy (non-hydrogen) atoms. The van der Waals surface area contributed by atoms with Gasteiger partial charge in [0, 0.05) is 5.41 Å². The Morgan fingerprint density at radius 2 is 1.34 bits per heavy atom. The fraction of sp³-hybridized carbons (Fsp3) is 0.913. The van der Waals surface area contributed by atoms with Crippen molar-refractivity contribution in [1.82, 2.24) is 0 Å². The minimum Gasteiger partial charge on any atom is -0.462 e. The van der Waals surface area contributed by atoms with Gasteiger partial charge in [-0.25, -0.2) is 0 Å². The van der Waals surface area contributed by atoms with E-state index in [4.69, 9.17) is 29.0 Å². The van der Waals surface area contributed by atoms with E-state index in [2.05, 4.69) is 13.8 Å². The smallest absolute Gasteiger partial charge is 0.336 e. The average Bonchev–Trinajstić information content (AvgIpc) is 3.01. The van der Waals surface area contributed by atoms with E-state index in [1.165, 1.54) is 0 Å². The summed E-state index contributed by atoms with van der Waals surface area (Å²) in [6.07, 6.45) is 5.52. The van der Waals surface area contributed by atoms with Crippen LogP contribution in [0.4, 0.5) is 0 Å². The lowest BCUT2D eigenvalue weighted by Gasteiger charge is -2.60. The summed E-state index contributed by atoms with van der Waals surface area (Å²) in [5.41, 5.74) is -0.0875. The van der Waals surface area contributed by atoms with Gasteiger partial charge in [0.05, 0.1) is 0 Å². The number of hydrogen-bond donors (Lipinski definition) is 4. The lowest BCUT2D eigenvalue weighted by molar-refractivity contribution is -0.167. The van der Waals surface area contributed by atoms with Crippen molar-refractivity contribution < 1.29 is 47.8 Å². The molecule has 4 fully saturated rings. The highest BCUT2D eigenvalue weighted by Gasteiger charge is 2.61. The number of fused-ring (bicyclic) bond motifs is 5. The maximum atomic E-state index is 12.1. The Morgan fingerprint density at radius 3 is 1.97 bits per heavy atom. The van der Waals surface area contributed by atoms with Crippen LogP contribution in [0.2, 0.25) is 0 Å². The Bertz CT molecular complexity index is 943. The summed E-state index contributed by atoms with van der Waals surface area (Å²) in [7, 11) is -8.89. The summed E-state index contributed by atoms with van der Waals surface area (Å²) in [5, 5.41) is 0. The molecule has 0 aliphatic heterocycles. The molecule has 4 aliphatic carbocycles. The zero-order valence-electron chi connectivity index (χ0n) is 20.4. The van der Waals surface area contributed by atoms with Crippen LogP contribution in [0, 0.1) is 34.5 Å². The molecule has 4 N–H and O–H groups in total. The van der Waals surface area contributed by atoms with Crippen LogP contribution in [-0.2, 0) is 28.2 Å². The van der Waals surface area contributed by atoms with Crippen LogP contribution in [0.5, 0.6) is 0 Å². The van der Waals surface area contributed by atoms with E-state index < -0.39 is 39.5 Å². The van der Waals surface area contributed by atoms with Crippen LogP contribution in [0.15, 0.2) is 0 Å². The highest BCUT2D eigenvalue weighted by Crippen LogP contribution is 2.66. The van der Waals surface area contributed by atoms with Gasteiger partial charge >= 0.3 is 27.1 Å². The Balaban J connectivity index is 1.40. The molecule has 0 aromatic carbocycles. The van der Waals surface area contributed by atoms with Gasteiger partial charge in [0.2, 0.25) is 0 Å². The zero-order valence-corrected chi connectivity index (χ0v) is 22.2. The lowest BCUT2D eigenvalue weighted by atomic mass is 9.45. The number of esters is 2. The third-order valence-corrected chi connectivity index (χ3v) is 11.1. The van der Waals surface area contributed by atoms with Gasteiger partial charge in [-0.2, -0.15) is 0 Å². The minimum atomic E-state index is -4.46. The first-order valence-electron chi connectivity index (χ1n) is 12.6. The Labute approximate surface area is 205 Å². The molecule has 4 rings (SSSR count). The van der Waals surface area contributed by atoms with Crippen molar-refractivity contribution in [1.29, 1.82) is 0 Å². The van der Waals surface area contributed by atoms with Crippen molar-refractivity contribution in [3.05, 3.63) is 0 Å².